The molecule has 0 spiro atoms. The molecule has 0 aliphatic rings. The number of benzene rings is 1. The van der Waals surface area contributed by atoms with Gasteiger partial charge in [0.2, 0.25) is 0 Å². The second kappa shape index (κ2) is 8.92. The summed E-state index contributed by atoms with van der Waals surface area (Å²) >= 11 is 0. The van der Waals surface area contributed by atoms with Crippen LogP contribution in [0.1, 0.15) is 39.2 Å². The molecule has 0 fully saturated rings. The summed E-state index contributed by atoms with van der Waals surface area (Å²) in [6.45, 7) is 6.22. The molecule has 0 saturated carbocycles. The van der Waals surface area contributed by atoms with Crippen molar-refractivity contribution in [3.8, 4) is 11.8 Å². The summed E-state index contributed by atoms with van der Waals surface area (Å²) in [6.07, 6.45) is -2.51. The number of hydrogen-bond donors (Lipinski definition) is 0. The van der Waals surface area contributed by atoms with Crippen LogP contribution in [0.3, 0.4) is 0 Å². The van der Waals surface area contributed by atoms with Crippen LogP contribution in [-0.2, 0) is 6.18 Å². The quantitative estimate of drug-likeness (QED) is 0.625. The Morgan fingerprint density at radius 3 is 2.59 bits per heavy atom. The van der Waals surface area contributed by atoms with E-state index in [4.69, 9.17) is 9.47 Å². The molecular formula is C19H24F3N3O2. The third-order valence-corrected chi connectivity index (χ3v) is 3.93. The highest BCUT2D eigenvalue weighted by atomic mass is 19.4. The molecule has 0 aliphatic heterocycles. The number of anilines is 2. The molecule has 0 aliphatic carbocycles. The predicted molar refractivity (Wildman–Crippen MR) is 97.7 cm³/mol. The molecule has 2 aromatic rings. The summed E-state index contributed by atoms with van der Waals surface area (Å²) in [5.41, 5.74) is -0.413. The lowest BCUT2D eigenvalue weighted by Crippen LogP contribution is -2.20. The van der Waals surface area contributed by atoms with E-state index in [0.29, 0.717) is 24.5 Å². The van der Waals surface area contributed by atoms with Crippen molar-refractivity contribution in [3.63, 3.8) is 0 Å². The molecule has 27 heavy (non-hydrogen) atoms. The van der Waals surface area contributed by atoms with Gasteiger partial charge in [0, 0.05) is 25.0 Å². The molecule has 1 aromatic heterocycles. The van der Waals surface area contributed by atoms with Crippen LogP contribution in [0.15, 0.2) is 30.5 Å². The number of aromatic nitrogens is 2. The van der Waals surface area contributed by atoms with Crippen molar-refractivity contribution >= 4 is 11.5 Å². The molecular weight excluding hydrogens is 359 g/mol. The smallest absolute Gasteiger partial charge is 0.421 e. The van der Waals surface area contributed by atoms with Gasteiger partial charge in [-0.25, -0.2) is 4.98 Å². The Morgan fingerprint density at radius 1 is 1.22 bits per heavy atom. The van der Waals surface area contributed by atoms with Gasteiger partial charge in [-0.2, -0.15) is 18.2 Å². The first-order valence-electron chi connectivity index (χ1n) is 8.83. The Balaban J connectivity index is 2.42. The summed E-state index contributed by atoms with van der Waals surface area (Å²) in [4.78, 5) is 9.10. The maximum Gasteiger partial charge on any atom is 0.421 e. The summed E-state index contributed by atoms with van der Waals surface area (Å²) in [5.74, 6) is 0.309. The van der Waals surface area contributed by atoms with Crippen LogP contribution < -0.4 is 14.4 Å². The van der Waals surface area contributed by atoms with Gasteiger partial charge in [-0.05, 0) is 31.9 Å². The van der Waals surface area contributed by atoms with Crippen LogP contribution in [0, 0.1) is 0 Å². The first-order chi connectivity index (χ1) is 12.8. The van der Waals surface area contributed by atoms with Crippen molar-refractivity contribution in [1.82, 2.24) is 9.97 Å². The summed E-state index contributed by atoms with van der Waals surface area (Å²) < 4.78 is 51.4. The molecule has 0 radical (unpaired) electrons. The molecule has 5 nitrogen and oxygen atoms in total. The zero-order valence-electron chi connectivity index (χ0n) is 15.9. The van der Waals surface area contributed by atoms with Crippen LogP contribution in [0.25, 0.3) is 0 Å². The van der Waals surface area contributed by atoms with Gasteiger partial charge in [-0.15, -0.1) is 0 Å². The van der Waals surface area contributed by atoms with E-state index in [9.17, 15) is 13.2 Å². The Labute approximate surface area is 157 Å². The highest BCUT2D eigenvalue weighted by Crippen LogP contribution is 2.38. The molecule has 1 atom stereocenters. The molecule has 0 amide bonds. The van der Waals surface area contributed by atoms with Gasteiger partial charge in [0.15, 0.2) is 5.82 Å². The fourth-order valence-corrected chi connectivity index (χ4v) is 2.26. The second-order valence-electron chi connectivity index (χ2n) is 6.13. The number of ether oxygens (including phenoxy) is 2. The van der Waals surface area contributed by atoms with Crippen LogP contribution in [0.2, 0.25) is 0 Å². The average Bonchev–Trinajstić information content (AvgIpc) is 2.65. The van der Waals surface area contributed by atoms with E-state index in [1.54, 1.807) is 31.2 Å². The highest BCUT2D eigenvalue weighted by Gasteiger charge is 2.37. The number of nitrogens with zero attached hydrogens (tertiary/aromatic N) is 3. The maximum atomic E-state index is 13.5. The Kier molecular flexibility index (Phi) is 6.87. The van der Waals surface area contributed by atoms with E-state index < -0.39 is 11.7 Å². The standard InChI is InChI=1S/C19H24F3N3O2/c1-5-10-26-15-9-7-8-14(11-15)25(4)17-16(19(20,21)22)12-23-18(24-17)27-13(3)6-2/h7-9,11-13H,5-6,10H2,1-4H3. The molecule has 1 aromatic carbocycles. The van der Waals surface area contributed by atoms with Crippen molar-refractivity contribution in [2.24, 2.45) is 0 Å². The van der Waals surface area contributed by atoms with Crippen molar-refractivity contribution in [3.05, 3.63) is 36.0 Å². The molecule has 8 heteroatoms. The van der Waals surface area contributed by atoms with E-state index in [1.165, 1.54) is 11.9 Å². The molecule has 0 saturated heterocycles. The first-order valence-corrected chi connectivity index (χ1v) is 8.83. The minimum Gasteiger partial charge on any atom is -0.494 e. The van der Waals surface area contributed by atoms with Crippen LogP contribution in [-0.4, -0.2) is 29.7 Å². The van der Waals surface area contributed by atoms with Gasteiger partial charge in [0.25, 0.3) is 0 Å². The van der Waals surface area contributed by atoms with E-state index in [-0.39, 0.29) is 17.9 Å². The minimum atomic E-state index is -4.59. The SMILES string of the molecule is CCCOc1cccc(N(C)c2nc(OC(C)CC)ncc2C(F)(F)F)c1. The van der Waals surface area contributed by atoms with E-state index in [1.807, 2.05) is 13.8 Å². The zero-order chi connectivity index (χ0) is 20.0. The Bertz CT molecular complexity index is 753. The van der Waals surface area contributed by atoms with Crippen molar-refractivity contribution < 1.29 is 22.6 Å². The lowest BCUT2D eigenvalue weighted by molar-refractivity contribution is -0.137. The van der Waals surface area contributed by atoms with Gasteiger partial charge in [0.1, 0.15) is 11.3 Å². The average molecular weight is 383 g/mol. The van der Waals surface area contributed by atoms with Crippen molar-refractivity contribution in [2.75, 3.05) is 18.6 Å². The maximum absolute atomic E-state index is 13.5. The fraction of sp³-hybridized carbons (Fsp3) is 0.474. The number of halogens is 3. The van der Waals surface area contributed by atoms with Crippen LogP contribution >= 0.6 is 0 Å². The number of rotatable bonds is 8. The van der Waals surface area contributed by atoms with Crippen molar-refractivity contribution in [1.29, 1.82) is 0 Å². The number of hydrogen-bond acceptors (Lipinski definition) is 5. The van der Waals surface area contributed by atoms with Gasteiger partial charge >= 0.3 is 12.2 Å². The minimum absolute atomic E-state index is 0.0856. The lowest BCUT2D eigenvalue weighted by atomic mass is 10.2. The van der Waals surface area contributed by atoms with Crippen LogP contribution in [0.4, 0.5) is 24.7 Å². The Morgan fingerprint density at radius 2 is 1.96 bits per heavy atom. The molecule has 1 unspecified atom stereocenters. The summed E-state index contributed by atoms with van der Waals surface area (Å²) in [5, 5.41) is 0. The van der Waals surface area contributed by atoms with Gasteiger partial charge in [-0.3, -0.25) is 0 Å². The topological polar surface area (TPSA) is 47.5 Å². The lowest BCUT2D eigenvalue weighted by Gasteiger charge is -2.23. The third kappa shape index (κ3) is 5.48. The fourth-order valence-electron chi connectivity index (χ4n) is 2.26. The molecule has 1 heterocycles. The van der Waals surface area contributed by atoms with E-state index in [0.717, 1.165) is 12.6 Å². The highest BCUT2D eigenvalue weighted by molar-refractivity contribution is 5.64. The van der Waals surface area contributed by atoms with Gasteiger partial charge in [-0.1, -0.05) is 19.9 Å². The normalized spacial score (nSPS) is 12.6. The number of alkyl halides is 3. The van der Waals surface area contributed by atoms with E-state index >= 15 is 0 Å². The van der Waals surface area contributed by atoms with Crippen molar-refractivity contribution in [2.45, 2.75) is 45.9 Å². The van der Waals surface area contributed by atoms with Gasteiger partial charge < -0.3 is 14.4 Å². The molecule has 0 bridgehead atoms. The monoisotopic (exact) mass is 383 g/mol. The summed E-state index contributed by atoms with van der Waals surface area (Å²) in [7, 11) is 1.52. The van der Waals surface area contributed by atoms with Crippen LogP contribution in [0.5, 0.6) is 11.8 Å². The second-order valence-corrected chi connectivity index (χ2v) is 6.13. The predicted octanol–water partition coefficient (Wildman–Crippen LogP) is 5.23. The molecule has 2 rings (SSSR count). The Hall–Kier alpha value is -2.51. The van der Waals surface area contributed by atoms with E-state index in [2.05, 4.69) is 9.97 Å². The zero-order valence-corrected chi connectivity index (χ0v) is 15.9. The molecule has 0 N–H and O–H groups in total. The summed E-state index contributed by atoms with van der Waals surface area (Å²) in [6, 6.07) is 6.76. The van der Waals surface area contributed by atoms with Gasteiger partial charge in [0.05, 0.1) is 12.7 Å². The third-order valence-electron chi connectivity index (χ3n) is 3.93. The molecule has 148 valence electrons. The largest absolute Gasteiger partial charge is 0.494 e. The first kappa shape index (κ1) is 20.8.